The third-order valence-corrected chi connectivity index (χ3v) is 2.49. The van der Waals surface area contributed by atoms with Crippen molar-refractivity contribution in [1.82, 2.24) is 5.32 Å². The van der Waals surface area contributed by atoms with E-state index in [0.717, 1.165) is 18.2 Å². The Kier molecular flexibility index (Phi) is 5.17. The molecule has 0 aliphatic heterocycles. The molecule has 1 aromatic rings. The van der Waals surface area contributed by atoms with Crippen LogP contribution < -0.4 is 11.1 Å². The summed E-state index contributed by atoms with van der Waals surface area (Å²) in [5.41, 5.74) is 5.06. The molecule has 0 saturated carbocycles. The van der Waals surface area contributed by atoms with Gasteiger partial charge in [0.15, 0.2) is 11.6 Å². The third kappa shape index (κ3) is 4.17. The molecular formula is C13H14F2N2O2. The first-order chi connectivity index (χ1) is 8.95. The Bertz CT molecular complexity index is 503. The summed E-state index contributed by atoms with van der Waals surface area (Å²) in [6, 6.07) is 1.85. The van der Waals surface area contributed by atoms with Crippen LogP contribution in [0.3, 0.4) is 0 Å². The molecule has 1 rings (SSSR count). The molecule has 1 aromatic carbocycles. The lowest BCUT2D eigenvalue weighted by atomic mass is 10.1. The highest BCUT2D eigenvalue weighted by atomic mass is 19.2. The summed E-state index contributed by atoms with van der Waals surface area (Å²) in [7, 11) is 0. The van der Waals surface area contributed by atoms with Gasteiger partial charge in [0, 0.05) is 5.56 Å². The van der Waals surface area contributed by atoms with E-state index in [0.29, 0.717) is 12.8 Å². The predicted octanol–water partition coefficient (Wildman–Crippen LogP) is 1.51. The minimum Gasteiger partial charge on any atom is -0.368 e. The predicted molar refractivity (Wildman–Crippen MR) is 66.2 cm³/mol. The van der Waals surface area contributed by atoms with Gasteiger partial charge in [-0.3, -0.25) is 9.59 Å². The second kappa shape index (κ2) is 6.63. The van der Waals surface area contributed by atoms with Crippen LogP contribution in [0.15, 0.2) is 30.9 Å². The molecule has 4 nitrogen and oxygen atoms in total. The van der Waals surface area contributed by atoms with Gasteiger partial charge in [-0.1, -0.05) is 6.08 Å². The zero-order valence-electron chi connectivity index (χ0n) is 10.2. The molecule has 0 heterocycles. The number of primary amides is 1. The Morgan fingerprint density at radius 2 is 2.05 bits per heavy atom. The van der Waals surface area contributed by atoms with Crippen molar-refractivity contribution in [2.45, 2.75) is 18.9 Å². The summed E-state index contributed by atoms with van der Waals surface area (Å²) in [4.78, 5) is 22.9. The monoisotopic (exact) mass is 268 g/mol. The van der Waals surface area contributed by atoms with Gasteiger partial charge in [-0.25, -0.2) is 8.78 Å². The number of carbonyl (C=O) groups is 2. The largest absolute Gasteiger partial charge is 0.368 e. The number of amides is 2. The fourth-order valence-electron chi connectivity index (χ4n) is 1.45. The lowest BCUT2D eigenvalue weighted by Gasteiger charge is -2.14. The van der Waals surface area contributed by atoms with Crippen molar-refractivity contribution in [3.63, 3.8) is 0 Å². The standard InChI is InChI=1S/C13H14F2N2O2/c1-2-3-4-11(12(16)18)17-13(19)8-5-6-9(14)10(15)7-8/h2,5-7,11H,1,3-4H2,(H2,16,18)(H,17,19)/t11-/m0/s1. The Labute approximate surface area is 109 Å². The zero-order valence-corrected chi connectivity index (χ0v) is 10.2. The maximum atomic E-state index is 13.0. The lowest BCUT2D eigenvalue weighted by Crippen LogP contribution is -2.44. The minimum absolute atomic E-state index is 0.0799. The maximum Gasteiger partial charge on any atom is 0.252 e. The number of nitrogens with two attached hydrogens (primary N) is 1. The topological polar surface area (TPSA) is 72.2 Å². The second-order valence-corrected chi connectivity index (χ2v) is 3.92. The van der Waals surface area contributed by atoms with Gasteiger partial charge in [0.2, 0.25) is 5.91 Å². The third-order valence-electron chi connectivity index (χ3n) is 2.49. The van der Waals surface area contributed by atoms with E-state index in [4.69, 9.17) is 5.73 Å². The van der Waals surface area contributed by atoms with E-state index in [9.17, 15) is 18.4 Å². The number of nitrogens with one attached hydrogen (secondary N) is 1. The van der Waals surface area contributed by atoms with Crippen LogP contribution in [0.2, 0.25) is 0 Å². The average molecular weight is 268 g/mol. The van der Waals surface area contributed by atoms with Crippen LogP contribution in [-0.4, -0.2) is 17.9 Å². The number of halogens is 2. The number of hydrogen-bond acceptors (Lipinski definition) is 2. The van der Waals surface area contributed by atoms with Gasteiger partial charge in [-0.05, 0) is 31.0 Å². The molecule has 0 fully saturated rings. The first-order valence-electron chi connectivity index (χ1n) is 5.62. The van der Waals surface area contributed by atoms with E-state index in [1.807, 2.05) is 0 Å². The first kappa shape index (κ1) is 14.8. The molecule has 0 aliphatic carbocycles. The van der Waals surface area contributed by atoms with Gasteiger partial charge < -0.3 is 11.1 Å². The Balaban J connectivity index is 2.78. The van der Waals surface area contributed by atoms with Crippen molar-refractivity contribution in [1.29, 1.82) is 0 Å². The first-order valence-corrected chi connectivity index (χ1v) is 5.62. The van der Waals surface area contributed by atoms with E-state index in [1.165, 1.54) is 0 Å². The summed E-state index contributed by atoms with van der Waals surface area (Å²) in [5, 5.41) is 2.36. The molecule has 0 radical (unpaired) electrons. The van der Waals surface area contributed by atoms with Gasteiger partial charge in [-0.15, -0.1) is 6.58 Å². The van der Waals surface area contributed by atoms with Crippen LogP contribution in [-0.2, 0) is 4.79 Å². The van der Waals surface area contributed by atoms with Crippen LogP contribution in [0, 0.1) is 11.6 Å². The molecule has 3 N–H and O–H groups in total. The number of hydrogen-bond donors (Lipinski definition) is 2. The van der Waals surface area contributed by atoms with Crippen molar-refractivity contribution in [2.24, 2.45) is 5.73 Å². The van der Waals surface area contributed by atoms with E-state index in [-0.39, 0.29) is 5.56 Å². The molecule has 0 bridgehead atoms. The molecule has 19 heavy (non-hydrogen) atoms. The van der Waals surface area contributed by atoms with Crippen molar-refractivity contribution in [2.75, 3.05) is 0 Å². The smallest absolute Gasteiger partial charge is 0.252 e. The van der Waals surface area contributed by atoms with E-state index in [2.05, 4.69) is 11.9 Å². The quantitative estimate of drug-likeness (QED) is 0.768. The van der Waals surface area contributed by atoms with Gasteiger partial charge >= 0.3 is 0 Å². The molecule has 0 spiro atoms. The number of carbonyl (C=O) groups excluding carboxylic acids is 2. The summed E-state index contributed by atoms with van der Waals surface area (Å²) >= 11 is 0. The Morgan fingerprint density at radius 3 is 2.58 bits per heavy atom. The van der Waals surface area contributed by atoms with Crippen molar-refractivity contribution >= 4 is 11.8 Å². The molecule has 0 unspecified atom stereocenters. The van der Waals surface area contributed by atoms with Crippen molar-refractivity contribution in [3.8, 4) is 0 Å². The zero-order chi connectivity index (χ0) is 14.4. The highest BCUT2D eigenvalue weighted by molar-refractivity contribution is 5.97. The second-order valence-electron chi connectivity index (χ2n) is 3.92. The summed E-state index contributed by atoms with van der Waals surface area (Å²) < 4.78 is 25.7. The highest BCUT2D eigenvalue weighted by Crippen LogP contribution is 2.09. The fraction of sp³-hybridized carbons (Fsp3) is 0.231. The summed E-state index contributed by atoms with van der Waals surface area (Å²) in [6.07, 6.45) is 2.37. The highest BCUT2D eigenvalue weighted by Gasteiger charge is 2.18. The van der Waals surface area contributed by atoms with Crippen LogP contribution in [0.25, 0.3) is 0 Å². The average Bonchev–Trinajstić information content (AvgIpc) is 2.37. The fourth-order valence-corrected chi connectivity index (χ4v) is 1.45. The van der Waals surface area contributed by atoms with Gasteiger partial charge in [-0.2, -0.15) is 0 Å². The molecule has 1 atom stereocenters. The normalized spacial score (nSPS) is 11.7. The number of allylic oxidation sites excluding steroid dienone is 1. The van der Waals surface area contributed by atoms with Crippen LogP contribution in [0.1, 0.15) is 23.2 Å². The van der Waals surface area contributed by atoms with Crippen LogP contribution in [0.4, 0.5) is 8.78 Å². The van der Waals surface area contributed by atoms with E-state index < -0.39 is 29.5 Å². The number of benzene rings is 1. The molecule has 6 heteroatoms. The molecule has 2 amide bonds. The van der Waals surface area contributed by atoms with Crippen molar-refractivity contribution in [3.05, 3.63) is 48.1 Å². The minimum atomic E-state index is -1.13. The SMILES string of the molecule is C=CCC[C@H](NC(=O)c1ccc(F)c(F)c1)C(N)=O. The molecule has 0 aliphatic rings. The lowest BCUT2D eigenvalue weighted by molar-refractivity contribution is -0.119. The number of rotatable bonds is 6. The molecule has 0 aromatic heterocycles. The van der Waals surface area contributed by atoms with Crippen LogP contribution >= 0.6 is 0 Å². The van der Waals surface area contributed by atoms with Crippen molar-refractivity contribution < 1.29 is 18.4 Å². The molecule has 102 valence electrons. The Hall–Kier alpha value is -2.24. The van der Waals surface area contributed by atoms with Crippen LogP contribution in [0.5, 0.6) is 0 Å². The van der Waals surface area contributed by atoms with Gasteiger partial charge in [0.25, 0.3) is 5.91 Å². The summed E-state index contributed by atoms with van der Waals surface area (Å²) in [5.74, 6) is -3.56. The Morgan fingerprint density at radius 1 is 1.37 bits per heavy atom. The maximum absolute atomic E-state index is 13.0. The molecular weight excluding hydrogens is 254 g/mol. The summed E-state index contributed by atoms with van der Waals surface area (Å²) in [6.45, 7) is 3.49. The van der Waals surface area contributed by atoms with E-state index >= 15 is 0 Å². The van der Waals surface area contributed by atoms with Gasteiger partial charge in [0.1, 0.15) is 6.04 Å². The molecule has 0 saturated heterocycles. The van der Waals surface area contributed by atoms with Gasteiger partial charge in [0.05, 0.1) is 0 Å². The van der Waals surface area contributed by atoms with E-state index in [1.54, 1.807) is 6.08 Å².